The zero-order valence-electron chi connectivity index (χ0n) is 21.2. The van der Waals surface area contributed by atoms with Gasteiger partial charge in [0.2, 0.25) is 0 Å². The molecule has 9 heteroatoms. The zero-order valence-corrected chi connectivity index (χ0v) is 22.0. The largest absolute Gasteiger partial charge is 0.503 e. The number of aromatic nitrogens is 1. The number of thiazole rings is 1. The first-order valence-electron chi connectivity index (χ1n) is 12.2. The first kappa shape index (κ1) is 25.9. The van der Waals surface area contributed by atoms with E-state index < -0.39 is 29.5 Å². The van der Waals surface area contributed by atoms with Gasteiger partial charge < -0.3 is 14.6 Å². The van der Waals surface area contributed by atoms with E-state index in [0.717, 1.165) is 10.3 Å². The van der Waals surface area contributed by atoms with Gasteiger partial charge in [-0.05, 0) is 54.5 Å². The number of benzene rings is 3. The molecule has 1 aliphatic heterocycles. The maximum atomic E-state index is 13.5. The van der Waals surface area contributed by atoms with Crippen LogP contribution in [0.1, 0.15) is 34.5 Å². The standard InChI is InChI=1S/C30H24N2O6S/c1-3-38-21-14-15-22-24(17-21)39-30(31-22)32-26(19-10-12-20(13-11-19)29(36)37-2)25(27(34)28(32)35)23(33)16-9-18-7-5-4-6-8-18/h4-17,26,34H,3H2,1-2H3. The molecule has 8 nitrogen and oxygen atoms in total. The number of allylic oxidation sites excluding steroid dienone is 1. The van der Waals surface area contributed by atoms with E-state index in [1.807, 2.05) is 43.3 Å². The fraction of sp³-hybridized carbons (Fsp3) is 0.133. The van der Waals surface area contributed by atoms with E-state index in [-0.39, 0.29) is 5.57 Å². The summed E-state index contributed by atoms with van der Waals surface area (Å²) in [5.74, 6) is -1.75. The van der Waals surface area contributed by atoms with E-state index in [1.165, 1.54) is 29.4 Å². The Morgan fingerprint density at radius 1 is 1.08 bits per heavy atom. The van der Waals surface area contributed by atoms with Crippen molar-refractivity contribution in [3.05, 3.63) is 107 Å². The van der Waals surface area contributed by atoms with Crippen LogP contribution >= 0.6 is 11.3 Å². The molecule has 0 bridgehead atoms. The van der Waals surface area contributed by atoms with E-state index in [9.17, 15) is 19.5 Å². The van der Waals surface area contributed by atoms with E-state index in [1.54, 1.807) is 42.5 Å². The molecule has 1 aromatic heterocycles. The van der Waals surface area contributed by atoms with Gasteiger partial charge in [0.25, 0.3) is 5.91 Å². The Balaban J connectivity index is 1.59. The summed E-state index contributed by atoms with van der Waals surface area (Å²) in [6.45, 7) is 2.39. The van der Waals surface area contributed by atoms with E-state index in [0.29, 0.717) is 34.1 Å². The van der Waals surface area contributed by atoms with Crippen molar-refractivity contribution in [1.29, 1.82) is 0 Å². The molecule has 0 radical (unpaired) electrons. The summed E-state index contributed by atoms with van der Waals surface area (Å²) >= 11 is 1.25. The minimum atomic E-state index is -0.968. The Kier molecular flexibility index (Phi) is 7.25. The fourth-order valence-electron chi connectivity index (χ4n) is 4.37. The van der Waals surface area contributed by atoms with Gasteiger partial charge in [-0.3, -0.25) is 14.5 Å². The number of ether oxygens (including phenoxy) is 2. The fourth-order valence-corrected chi connectivity index (χ4v) is 5.39. The number of amides is 1. The average molecular weight is 541 g/mol. The van der Waals surface area contributed by atoms with Crippen molar-refractivity contribution >= 4 is 50.4 Å². The first-order chi connectivity index (χ1) is 18.9. The highest BCUT2D eigenvalue weighted by molar-refractivity contribution is 7.22. The maximum Gasteiger partial charge on any atom is 0.337 e. The second kappa shape index (κ2) is 10.9. The average Bonchev–Trinajstić information content (AvgIpc) is 3.49. The Labute approximate surface area is 228 Å². The molecule has 1 amide bonds. The van der Waals surface area contributed by atoms with Crippen LogP contribution in [0.4, 0.5) is 5.13 Å². The smallest absolute Gasteiger partial charge is 0.337 e. The summed E-state index contributed by atoms with van der Waals surface area (Å²) in [5, 5.41) is 11.3. The second-order valence-corrected chi connectivity index (χ2v) is 9.63. The molecule has 4 aromatic rings. The van der Waals surface area contributed by atoms with Crippen molar-refractivity contribution in [2.75, 3.05) is 18.6 Å². The van der Waals surface area contributed by atoms with Gasteiger partial charge in [-0.25, -0.2) is 9.78 Å². The molecule has 1 aliphatic rings. The molecular formula is C30H24N2O6S. The molecule has 196 valence electrons. The highest BCUT2D eigenvalue weighted by atomic mass is 32.1. The lowest BCUT2D eigenvalue weighted by molar-refractivity contribution is -0.117. The molecule has 39 heavy (non-hydrogen) atoms. The van der Waals surface area contributed by atoms with Crippen molar-refractivity contribution in [3.8, 4) is 5.75 Å². The molecule has 0 spiro atoms. The number of hydrogen-bond acceptors (Lipinski definition) is 8. The number of carbonyl (C=O) groups is 3. The molecule has 0 saturated heterocycles. The normalized spacial score (nSPS) is 15.4. The van der Waals surface area contributed by atoms with Crippen LogP contribution < -0.4 is 9.64 Å². The van der Waals surface area contributed by atoms with Crippen LogP contribution in [0.15, 0.2) is 90.2 Å². The van der Waals surface area contributed by atoms with E-state index in [2.05, 4.69) is 4.98 Å². The summed E-state index contributed by atoms with van der Waals surface area (Å²) in [6, 6.07) is 20.0. The van der Waals surface area contributed by atoms with Gasteiger partial charge in [-0.15, -0.1) is 0 Å². The van der Waals surface area contributed by atoms with E-state index in [4.69, 9.17) is 9.47 Å². The molecule has 0 saturated carbocycles. The molecule has 0 fully saturated rings. The number of anilines is 1. The molecule has 0 aliphatic carbocycles. The minimum Gasteiger partial charge on any atom is -0.503 e. The van der Waals surface area contributed by atoms with Gasteiger partial charge in [0, 0.05) is 0 Å². The summed E-state index contributed by atoms with van der Waals surface area (Å²) in [4.78, 5) is 44.8. The third-order valence-electron chi connectivity index (χ3n) is 6.21. The van der Waals surface area contributed by atoms with Gasteiger partial charge in [-0.2, -0.15) is 0 Å². The van der Waals surface area contributed by atoms with Gasteiger partial charge in [0.05, 0.1) is 41.1 Å². The zero-order chi connectivity index (χ0) is 27.5. The van der Waals surface area contributed by atoms with Gasteiger partial charge >= 0.3 is 5.97 Å². The lowest BCUT2D eigenvalue weighted by atomic mass is 9.95. The molecular weight excluding hydrogens is 516 g/mol. The number of carbonyl (C=O) groups excluding carboxylic acids is 3. The summed E-state index contributed by atoms with van der Waals surface area (Å²) in [7, 11) is 1.29. The molecule has 5 rings (SSSR count). The predicted octanol–water partition coefficient (Wildman–Crippen LogP) is 5.66. The first-order valence-corrected chi connectivity index (χ1v) is 13.0. The van der Waals surface area contributed by atoms with Crippen LogP contribution in [0.2, 0.25) is 0 Å². The van der Waals surface area contributed by atoms with Gasteiger partial charge in [0.1, 0.15) is 5.75 Å². The molecule has 1 atom stereocenters. The highest BCUT2D eigenvalue weighted by Gasteiger charge is 2.45. The van der Waals surface area contributed by atoms with Crippen molar-refractivity contribution in [3.63, 3.8) is 0 Å². The van der Waals surface area contributed by atoms with Crippen LogP contribution in [0.3, 0.4) is 0 Å². The minimum absolute atomic E-state index is 0.0766. The number of hydrogen-bond donors (Lipinski definition) is 1. The number of fused-ring (bicyclic) bond motifs is 1. The Bertz CT molecular complexity index is 1620. The monoisotopic (exact) mass is 540 g/mol. The van der Waals surface area contributed by atoms with Crippen LogP contribution in [0, 0.1) is 0 Å². The van der Waals surface area contributed by atoms with Gasteiger partial charge in [-0.1, -0.05) is 59.9 Å². The van der Waals surface area contributed by atoms with Crippen LogP contribution in [0.5, 0.6) is 5.75 Å². The Morgan fingerprint density at radius 2 is 1.82 bits per heavy atom. The van der Waals surface area contributed by atoms with Crippen LogP contribution in [-0.2, 0) is 14.3 Å². The third kappa shape index (κ3) is 5.04. The van der Waals surface area contributed by atoms with Crippen LogP contribution in [0.25, 0.3) is 16.3 Å². The number of nitrogens with zero attached hydrogens (tertiary/aromatic N) is 2. The van der Waals surface area contributed by atoms with Crippen molar-refractivity contribution in [1.82, 2.24) is 4.98 Å². The van der Waals surface area contributed by atoms with Crippen molar-refractivity contribution < 1.29 is 29.0 Å². The third-order valence-corrected chi connectivity index (χ3v) is 7.23. The topological polar surface area (TPSA) is 106 Å². The highest BCUT2D eigenvalue weighted by Crippen LogP contribution is 2.44. The number of rotatable bonds is 8. The molecule has 2 heterocycles. The second-order valence-electron chi connectivity index (χ2n) is 8.62. The summed E-state index contributed by atoms with van der Waals surface area (Å²) in [6.07, 6.45) is 2.96. The quantitative estimate of drug-likeness (QED) is 0.227. The summed E-state index contributed by atoms with van der Waals surface area (Å²) in [5.41, 5.74) is 2.19. The maximum absolute atomic E-state index is 13.5. The lowest BCUT2D eigenvalue weighted by Gasteiger charge is -2.24. The van der Waals surface area contributed by atoms with Crippen molar-refractivity contribution in [2.45, 2.75) is 13.0 Å². The van der Waals surface area contributed by atoms with Crippen LogP contribution in [-0.4, -0.2) is 41.5 Å². The molecule has 1 unspecified atom stereocenters. The number of esters is 1. The molecule has 1 N–H and O–H groups in total. The SMILES string of the molecule is CCOc1ccc2nc(N3C(=O)C(O)=C(C(=O)C=Cc4ccccc4)C3c3ccc(C(=O)OC)cc3)sc2c1. The lowest BCUT2D eigenvalue weighted by Crippen LogP contribution is -2.30. The van der Waals surface area contributed by atoms with E-state index >= 15 is 0 Å². The molecule has 3 aromatic carbocycles. The van der Waals surface area contributed by atoms with Gasteiger partial charge in [0.15, 0.2) is 16.7 Å². The Hall–Kier alpha value is -4.76. The Morgan fingerprint density at radius 3 is 2.51 bits per heavy atom. The van der Waals surface area contributed by atoms with Crippen molar-refractivity contribution in [2.24, 2.45) is 0 Å². The number of methoxy groups -OCH3 is 1. The number of aliphatic hydroxyl groups excluding tert-OH is 1. The summed E-state index contributed by atoms with van der Waals surface area (Å²) < 4.78 is 11.2. The number of aliphatic hydroxyl groups is 1. The number of ketones is 1. The predicted molar refractivity (Wildman–Crippen MR) is 149 cm³/mol.